The third kappa shape index (κ3) is 3.21. The molecule has 1 atom stereocenters. The van der Waals surface area contributed by atoms with Gasteiger partial charge in [-0.3, -0.25) is 4.79 Å². The van der Waals surface area contributed by atoms with Crippen LogP contribution in [0.1, 0.15) is 5.56 Å². The summed E-state index contributed by atoms with van der Waals surface area (Å²) in [5.41, 5.74) is 2.75. The molecule has 3 nitrogen and oxygen atoms in total. The monoisotopic (exact) mass is 412 g/mol. The molecule has 4 rings (SSSR count). The quantitative estimate of drug-likeness (QED) is 0.587. The Hall–Kier alpha value is -1.05. The van der Waals surface area contributed by atoms with Crippen LogP contribution in [0.2, 0.25) is 8.67 Å². The smallest absolute Gasteiger partial charge is 0.239 e. The number of carbonyl (C=O) groups excluding carboxylic acids is 1. The van der Waals surface area contributed by atoms with E-state index >= 15 is 0 Å². The molecule has 0 radical (unpaired) electrons. The molecule has 0 fully saturated rings. The predicted molar refractivity (Wildman–Crippen MR) is 104 cm³/mol. The van der Waals surface area contributed by atoms with Crippen LogP contribution in [0.5, 0.6) is 0 Å². The molecule has 8 heteroatoms. The van der Waals surface area contributed by atoms with E-state index in [1.54, 1.807) is 17.8 Å². The number of nitrogens with one attached hydrogen (secondary N) is 1. The van der Waals surface area contributed by atoms with Crippen molar-refractivity contribution in [1.82, 2.24) is 4.98 Å². The first-order chi connectivity index (χ1) is 11.6. The highest BCUT2D eigenvalue weighted by atomic mass is 35.5. The summed E-state index contributed by atoms with van der Waals surface area (Å²) in [6.45, 7) is 0. The van der Waals surface area contributed by atoms with E-state index in [4.69, 9.17) is 23.2 Å². The molecule has 1 amide bonds. The second kappa shape index (κ2) is 6.69. The van der Waals surface area contributed by atoms with Gasteiger partial charge in [0.15, 0.2) is 5.13 Å². The summed E-state index contributed by atoms with van der Waals surface area (Å²) in [4.78, 5) is 18.1. The van der Waals surface area contributed by atoms with Crippen molar-refractivity contribution in [3.8, 4) is 11.3 Å². The number of amides is 1. The number of anilines is 1. The number of hydrogen-bond donors (Lipinski definition) is 1. The molecule has 1 aliphatic rings. The van der Waals surface area contributed by atoms with Gasteiger partial charge in [0.1, 0.15) is 4.34 Å². The topological polar surface area (TPSA) is 42.0 Å². The number of carbonyl (C=O) groups is 1. The second-order valence-corrected chi connectivity index (χ2v) is 9.57. The van der Waals surface area contributed by atoms with Crippen molar-refractivity contribution >= 4 is 68.7 Å². The van der Waals surface area contributed by atoms with E-state index in [9.17, 15) is 4.79 Å². The molecule has 24 heavy (non-hydrogen) atoms. The number of fused-ring (bicyclic) bond motifs is 1. The average molecular weight is 413 g/mol. The van der Waals surface area contributed by atoms with Crippen molar-refractivity contribution in [3.63, 3.8) is 0 Å². The Balaban J connectivity index is 1.47. The van der Waals surface area contributed by atoms with Crippen LogP contribution in [0.15, 0.2) is 40.6 Å². The van der Waals surface area contributed by atoms with Crippen molar-refractivity contribution < 1.29 is 4.79 Å². The molecule has 2 aromatic heterocycles. The van der Waals surface area contributed by atoms with Crippen LogP contribution in [0, 0.1) is 0 Å². The third-order valence-electron chi connectivity index (χ3n) is 3.61. The molecule has 0 spiro atoms. The van der Waals surface area contributed by atoms with Gasteiger partial charge < -0.3 is 5.32 Å². The zero-order valence-corrected chi connectivity index (χ0v) is 16.0. The zero-order valence-electron chi connectivity index (χ0n) is 12.1. The second-order valence-electron chi connectivity index (χ2n) is 5.18. The van der Waals surface area contributed by atoms with Gasteiger partial charge in [0.2, 0.25) is 5.91 Å². The Kier molecular flexibility index (Phi) is 4.58. The maximum absolute atomic E-state index is 12.5. The van der Waals surface area contributed by atoms with Crippen LogP contribution in [0.25, 0.3) is 11.3 Å². The highest BCUT2D eigenvalue weighted by Gasteiger charge is 2.28. The number of thiazole rings is 1. The number of thiophene rings is 1. The highest BCUT2D eigenvalue weighted by Crippen LogP contribution is 2.40. The summed E-state index contributed by atoms with van der Waals surface area (Å²) in [6, 6.07) is 9.91. The number of benzene rings is 1. The molecule has 3 aromatic rings. The third-order valence-corrected chi connectivity index (χ3v) is 7.17. The zero-order chi connectivity index (χ0) is 16.7. The molecule has 1 unspecified atom stereocenters. The minimum absolute atomic E-state index is 0.0217. The number of aromatic nitrogens is 1. The van der Waals surface area contributed by atoms with Crippen LogP contribution in [-0.4, -0.2) is 16.1 Å². The molecular formula is C16H10Cl2N2OS3. The van der Waals surface area contributed by atoms with E-state index < -0.39 is 0 Å². The first-order valence-corrected chi connectivity index (χ1v) is 10.4. The Morgan fingerprint density at radius 3 is 2.88 bits per heavy atom. The fraction of sp³-hybridized carbons (Fsp3) is 0.125. The fourth-order valence-corrected chi connectivity index (χ4v) is 5.87. The van der Waals surface area contributed by atoms with E-state index in [2.05, 4.69) is 22.4 Å². The van der Waals surface area contributed by atoms with Crippen LogP contribution < -0.4 is 5.32 Å². The lowest BCUT2D eigenvalue weighted by atomic mass is 10.1. The number of hydrogen-bond acceptors (Lipinski definition) is 5. The number of halogens is 2. The molecular weight excluding hydrogens is 403 g/mol. The predicted octanol–water partition coefficient (Wildman–Crippen LogP) is 5.83. The van der Waals surface area contributed by atoms with Gasteiger partial charge in [-0.1, -0.05) is 41.4 Å². The highest BCUT2D eigenvalue weighted by molar-refractivity contribution is 8.01. The van der Waals surface area contributed by atoms with Gasteiger partial charge in [0.25, 0.3) is 0 Å². The van der Waals surface area contributed by atoms with Gasteiger partial charge >= 0.3 is 0 Å². The standard InChI is InChI=1S/C16H10Cl2N2OS3/c17-13-6-9(14(18)24-13)10-7-22-16(19-10)20-15(21)12-5-8-3-1-2-4-11(8)23-12/h1-4,6-7,12H,5H2,(H,19,20,21). The van der Waals surface area contributed by atoms with Crippen molar-refractivity contribution in [2.24, 2.45) is 0 Å². The maximum atomic E-state index is 12.5. The van der Waals surface area contributed by atoms with Crippen molar-refractivity contribution in [1.29, 1.82) is 0 Å². The lowest BCUT2D eigenvalue weighted by Gasteiger charge is -2.07. The molecule has 1 N–H and O–H groups in total. The molecule has 0 saturated carbocycles. The minimum Gasteiger partial charge on any atom is -0.301 e. The van der Waals surface area contributed by atoms with Crippen LogP contribution in [-0.2, 0) is 11.2 Å². The average Bonchev–Trinajstić information content (AvgIpc) is 3.25. The van der Waals surface area contributed by atoms with E-state index in [1.165, 1.54) is 33.1 Å². The molecule has 122 valence electrons. The Morgan fingerprint density at radius 2 is 2.12 bits per heavy atom. The molecule has 0 bridgehead atoms. The largest absolute Gasteiger partial charge is 0.301 e. The first kappa shape index (κ1) is 16.4. The van der Waals surface area contributed by atoms with Crippen LogP contribution in [0.3, 0.4) is 0 Å². The maximum Gasteiger partial charge on any atom is 0.239 e. The Morgan fingerprint density at radius 1 is 1.29 bits per heavy atom. The number of rotatable bonds is 3. The van der Waals surface area contributed by atoms with Gasteiger partial charge in [-0.25, -0.2) is 4.98 Å². The summed E-state index contributed by atoms with van der Waals surface area (Å²) in [5, 5.41) is 5.24. The summed E-state index contributed by atoms with van der Waals surface area (Å²) in [6.07, 6.45) is 0.747. The normalized spacial score (nSPS) is 16.2. The molecule has 3 heterocycles. The first-order valence-electron chi connectivity index (χ1n) is 7.06. The molecule has 1 aromatic carbocycles. The lowest BCUT2D eigenvalue weighted by Crippen LogP contribution is -2.24. The van der Waals surface area contributed by atoms with Crippen LogP contribution >= 0.6 is 57.6 Å². The molecule has 0 aliphatic carbocycles. The fourth-order valence-electron chi connectivity index (χ4n) is 2.48. The van der Waals surface area contributed by atoms with Gasteiger partial charge in [0.05, 0.1) is 15.3 Å². The summed E-state index contributed by atoms with van der Waals surface area (Å²) >= 11 is 16.4. The van der Waals surface area contributed by atoms with Gasteiger partial charge in [-0.15, -0.1) is 34.4 Å². The van der Waals surface area contributed by atoms with E-state index in [-0.39, 0.29) is 11.2 Å². The summed E-state index contributed by atoms with van der Waals surface area (Å²) < 4.78 is 1.22. The SMILES string of the molecule is O=C(Nc1nc(-c2cc(Cl)sc2Cl)cs1)C1Cc2ccccc2S1. The summed E-state index contributed by atoms with van der Waals surface area (Å²) in [7, 11) is 0. The number of thioether (sulfide) groups is 1. The van der Waals surface area contributed by atoms with Gasteiger partial charge in [-0.05, 0) is 24.1 Å². The van der Waals surface area contributed by atoms with E-state index in [0.29, 0.717) is 13.8 Å². The van der Waals surface area contributed by atoms with E-state index in [1.807, 2.05) is 17.5 Å². The van der Waals surface area contributed by atoms with Crippen molar-refractivity contribution in [2.75, 3.05) is 5.32 Å². The summed E-state index contributed by atoms with van der Waals surface area (Å²) in [5.74, 6) is -0.0217. The van der Waals surface area contributed by atoms with Crippen LogP contribution in [0.4, 0.5) is 5.13 Å². The lowest BCUT2D eigenvalue weighted by molar-refractivity contribution is -0.115. The Labute approximate surface area is 161 Å². The van der Waals surface area contributed by atoms with Gasteiger partial charge in [0, 0.05) is 15.8 Å². The number of nitrogens with zero attached hydrogens (tertiary/aromatic N) is 1. The molecule has 0 saturated heterocycles. The molecule has 1 aliphatic heterocycles. The Bertz CT molecular complexity index is 897. The van der Waals surface area contributed by atoms with Crippen molar-refractivity contribution in [3.05, 3.63) is 49.9 Å². The van der Waals surface area contributed by atoms with Gasteiger partial charge in [-0.2, -0.15) is 0 Å². The minimum atomic E-state index is -0.117. The van der Waals surface area contributed by atoms with E-state index in [0.717, 1.165) is 17.7 Å². The van der Waals surface area contributed by atoms with Crippen molar-refractivity contribution in [2.45, 2.75) is 16.6 Å².